The van der Waals surface area contributed by atoms with E-state index in [0.29, 0.717) is 5.54 Å². The molecule has 0 saturated carbocycles. The predicted molar refractivity (Wildman–Crippen MR) is 72.6 cm³/mol. The lowest BCUT2D eigenvalue weighted by Crippen LogP contribution is -2.23. The highest BCUT2D eigenvalue weighted by Gasteiger charge is 2.41. The van der Waals surface area contributed by atoms with E-state index in [2.05, 4.69) is 46.9 Å². The lowest BCUT2D eigenvalue weighted by atomic mass is 9.79. The molecule has 1 fully saturated rings. The maximum absolute atomic E-state index is 3.50. The summed E-state index contributed by atoms with van der Waals surface area (Å²) in [7, 11) is 0. The first-order valence-electron chi connectivity index (χ1n) is 7.15. The number of hydrogen-bond acceptors (Lipinski definition) is 1. The van der Waals surface area contributed by atoms with E-state index in [9.17, 15) is 0 Å². The summed E-state index contributed by atoms with van der Waals surface area (Å²) in [5.41, 5.74) is 0.472. The summed E-state index contributed by atoms with van der Waals surface area (Å²) >= 11 is 0. The van der Waals surface area contributed by atoms with Gasteiger partial charge in [-0.25, -0.2) is 0 Å². The molecule has 1 saturated heterocycles. The van der Waals surface area contributed by atoms with E-state index >= 15 is 0 Å². The molecule has 1 heteroatoms. The fraction of sp³-hybridized carbons (Fsp3) is 1.00. The van der Waals surface area contributed by atoms with Gasteiger partial charge in [-0.3, -0.25) is 0 Å². The van der Waals surface area contributed by atoms with E-state index in [1.807, 2.05) is 0 Å². The maximum atomic E-state index is 3.50. The standard InChI is InChI=1S/C15H31N/c1-7-11(2)14(5)12(3)8-9-13(4)15(6)10-16-15/h11-14,16H,7-10H2,1-6H3. The zero-order valence-corrected chi connectivity index (χ0v) is 12.1. The van der Waals surface area contributed by atoms with Gasteiger partial charge in [-0.15, -0.1) is 0 Å². The van der Waals surface area contributed by atoms with Crippen molar-refractivity contribution in [3.8, 4) is 0 Å². The van der Waals surface area contributed by atoms with Gasteiger partial charge in [0.2, 0.25) is 0 Å². The van der Waals surface area contributed by atoms with Gasteiger partial charge in [0.1, 0.15) is 0 Å². The van der Waals surface area contributed by atoms with Gasteiger partial charge in [0.05, 0.1) is 0 Å². The number of nitrogens with one attached hydrogen (secondary N) is 1. The molecule has 0 aromatic rings. The third kappa shape index (κ3) is 3.48. The van der Waals surface area contributed by atoms with Crippen LogP contribution in [0.2, 0.25) is 0 Å². The van der Waals surface area contributed by atoms with Crippen LogP contribution in [0.5, 0.6) is 0 Å². The van der Waals surface area contributed by atoms with Crippen molar-refractivity contribution >= 4 is 0 Å². The Morgan fingerprint density at radius 1 is 1.06 bits per heavy atom. The summed E-state index contributed by atoms with van der Waals surface area (Å²) in [6.45, 7) is 15.6. The molecule has 1 aliphatic heterocycles. The molecule has 1 rings (SSSR count). The van der Waals surface area contributed by atoms with E-state index in [4.69, 9.17) is 0 Å². The van der Waals surface area contributed by atoms with Crippen molar-refractivity contribution in [2.75, 3.05) is 6.54 Å². The predicted octanol–water partition coefficient (Wildman–Crippen LogP) is 4.08. The van der Waals surface area contributed by atoms with Gasteiger partial charge in [0.15, 0.2) is 0 Å². The van der Waals surface area contributed by atoms with Crippen LogP contribution in [0, 0.1) is 23.7 Å². The Morgan fingerprint density at radius 2 is 1.62 bits per heavy atom. The zero-order valence-electron chi connectivity index (χ0n) is 12.1. The normalized spacial score (nSPS) is 31.9. The van der Waals surface area contributed by atoms with E-state index in [-0.39, 0.29) is 0 Å². The number of hydrogen-bond donors (Lipinski definition) is 1. The van der Waals surface area contributed by atoms with E-state index in [1.165, 1.54) is 25.8 Å². The van der Waals surface area contributed by atoms with Crippen molar-refractivity contribution in [2.24, 2.45) is 23.7 Å². The van der Waals surface area contributed by atoms with Gasteiger partial charge in [-0.05, 0) is 37.0 Å². The van der Waals surface area contributed by atoms with Gasteiger partial charge in [0.25, 0.3) is 0 Å². The van der Waals surface area contributed by atoms with Gasteiger partial charge < -0.3 is 5.32 Å². The zero-order chi connectivity index (χ0) is 12.3. The first-order chi connectivity index (χ1) is 7.40. The Kier molecular flexibility index (Phi) is 4.85. The maximum Gasteiger partial charge on any atom is 0.0304 e. The van der Waals surface area contributed by atoms with Crippen molar-refractivity contribution in [1.82, 2.24) is 5.32 Å². The molecule has 5 atom stereocenters. The van der Waals surface area contributed by atoms with E-state index in [0.717, 1.165) is 23.7 Å². The average Bonchev–Trinajstić information content (AvgIpc) is 3.02. The lowest BCUT2D eigenvalue weighted by Gasteiger charge is -2.27. The molecule has 1 heterocycles. The molecule has 0 aromatic heterocycles. The molecule has 0 bridgehead atoms. The van der Waals surface area contributed by atoms with Crippen LogP contribution in [0.3, 0.4) is 0 Å². The van der Waals surface area contributed by atoms with E-state index < -0.39 is 0 Å². The van der Waals surface area contributed by atoms with Crippen molar-refractivity contribution in [1.29, 1.82) is 0 Å². The molecule has 1 aliphatic rings. The molecule has 16 heavy (non-hydrogen) atoms. The minimum atomic E-state index is 0.472. The van der Waals surface area contributed by atoms with Crippen LogP contribution in [0.25, 0.3) is 0 Å². The Hall–Kier alpha value is -0.0400. The second-order valence-electron chi connectivity index (χ2n) is 6.47. The largest absolute Gasteiger partial charge is 0.308 e. The fourth-order valence-corrected chi connectivity index (χ4v) is 2.51. The summed E-state index contributed by atoms with van der Waals surface area (Å²) in [6.07, 6.45) is 4.09. The monoisotopic (exact) mass is 225 g/mol. The molecule has 0 spiro atoms. The molecule has 1 N–H and O–H groups in total. The Bertz CT molecular complexity index is 207. The van der Waals surface area contributed by atoms with E-state index in [1.54, 1.807) is 0 Å². The molecule has 96 valence electrons. The summed E-state index contributed by atoms with van der Waals surface area (Å²) in [6, 6.07) is 0. The SMILES string of the molecule is CCC(C)C(C)C(C)CCC(C)C1(C)CN1. The van der Waals surface area contributed by atoms with Crippen LogP contribution < -0.4 is 5.32 Å². The van der Waals surface area contributed by atoms with Crippen molar-refractivity contribution in [3.05, 3.63) is 0 Å². The van der Waals surface area contributed by atoms with Crippen LogP contribution in [-0.2, 0) is 0 Å². The summed E-state index contributed by atoms with van der Waals surface area (Å²) in [5, 5.41) is 3.50. The molecular formula is C15H31N. The highest BCUT2D eigenvalue weighted by atomic mass is 15.2. The van der Waals surface area contributed by atoms with Crippen molar-refractivity contribution in [2.45, 2.75) is 66.3 Å². The molecule has 0 amide bonds. The Balaban J connectivity index is 2.26. The fourth-order valence-electron chi connectivity index (χ4n) is 2.51. The van der Waals surface area contributed by atoms with Gasteiger partial charge >= 0.3 is 0 Å². The third-order valence-electron chi connectivity index (χ3n) is 5.32. The summed E-state index contributed by atoms with van der Waals surface area (Å²) in [5.74, 6) is 3.45. The van der Waals surface area contributed by atoms with Crippen LogP contribution in [0.1, 0.15) is 60.8 Å². The van der Waals surface area contributed by atoms with Crippen molar-refractivity contribution in [3.63, 3.8) is 0 Å². The minimum Gasteiger partial charge on any atom is -0.308 e. The van der Waals surface area contributed by atoms with Gasteiger partial charge in [-0.1, -0.05) is 47.5 Å². The molecule has 0 radical (unpaired) electrons. The van der Waals surface area contributed by atoms with Crippen LogP contribution in [-0.4, -0.2) is 12.1 Å². The third-order valence-corrected chi connectivity index (χ3v) is 5.32. The highest BCUT2D eigenvalue weighted by Crippen LogP contribution is 2.33. The first kappa shape index (κ1) is 14.0. The lowest BCUT2D eigenvalue weighted by molar-refractivity contribution is 0.240. The molecular weight excluding hydrogens is 194 g/mol. The van der Waals surface area contributed by atoms with Crippen molar-refractivity contribution < 1.29 is 0 Å². The quantitative estimate of drug-likeness (QED) is 0.648. The molecule has 1 nitrogen and oxygen atoms in total. The first-order valence-corrected chi connectivity index (χ1v) is 7.15. The van der Waals surface area contributed by atoms with Gasteiger partial charge in [0, 0.05) is 12.1 Å². The molecule has 0 aliphatic carbocycles. The minimum absolute atomic E-state index is 0.472. The molecule has 0 aromatic carbocycles. The summed E-state index contributed by atoms with van der Waals surface area (Å²) < 4.78 is 0. The second-order valence-corrected chi connectivity index (χ2v) is 6.47. The van der Waals surface area contributed by atoms with Crippen LogP contribution in [0.15, 0.2) is 0 Å². The summed E-state index contributed by atoms with van der Waals surface area (Å²) in [4.78, 5) is 0. The second kappa shape index (κ2) is 5.53. The molecule has 5 unspecified atom stereocenters. The highest BCUT2D eigenvalue weighted by molar-refractivity contribution is 5.03. The topological polar surface area (TPSA) is 21.9 Å². The average molecular weight is 225 g/mol. The Labute approximate surface area is 102 Å². The van der Waals surface area contributed by atoms with Crippen LogP contribution >= 0.6 is 0 Å². The Morgan fingerprint density at radius 3 is 2.06 bits per heavy atom. The van der Waals surface area contributed by atoms with Gasteiger partial charge in [-0.2, -0.15) is 0 Å². The smallest absolute Gasteiger partial charge is 0.0304 e. The van der Waals surface area contributed by atoms with Crippen LogP contribution in [0.4, 0.5) is 0 Å². The number of rotatable bonds is 7.